The molecule has 0 bridgehead atoms. The highest BCUT2D eigenvalue weighted by Gasteiger charge is 2.22. The Kier molecular flexibility index (Phi) is 6.21. The van der Waals surface area contributed by atoms with E-state index in [2.05, 4.69) is 10.5 Å². The van der Waals surface area contributed by atoms with Gasteiger partial charge in [0, 0.05) is 24.7 Å². The third kappa shape index (κ3) is 5.06. The smallest absolute Gasteiger partial charge is 0.293 e. The Bertz CT molecular complexity index is 874. The van der Waals surface area contributed by atoms with Gasteiger partial charge < -0.3 is 9.64 Å². The van der Waals surface area contributed by atoms with Gasteiger partial charge in [-0.25, -0.2) is 5.43 Å². The average Bonchev–Trinajstić information content (AvgIpc) is 3.22. The van der Waals surface area contributed by atoms with E-state index in [0.717, 1.165) is 31.5 Å². The van der Waals surface area contributed by atoms with Gasteiger partial charge >= 0.3 is 0 Å². The molecule has 2 aromatic rings. The Morgan fingerprint density at radius 2 is 1.96 bits per heavy atom. The molecule has 1 N–H and O–H groups in total. The van der Waals surface area contributed by atoms with E-state index >= 15 is 0 Å². The number of benzene rings is 2. The summed E-state index contributed by atoms with van der Waals surface area (Å²) in [6, 6.07) is 12.3. The molecule has 8 nitrogen and oxygen atoms in total. The minimum absolute atomic E-state index is 0.0416. The lowest BCUT2D eigenvalue weighted by molar-refractivity contribution is -0.384. The summed E-state index contributed by atoms with van der Waals surface area (Å²) in [5.74, 6) is 0.179. The van der Waals surface area contributed by atoms with Crippen LogP contribution in [-0.4, -0.2) is 36.7 Å². The fraction of sp³-hybridized carbons (Fsp3) is 0.300. The van der Waals surface area contributed by atoms with Crippen LogP contribution >= 0.6 is 0 Å². The van der Waals surface area contributed by atoms with Crippen LogP contribution in [0.3, 0.4) is 0 Å². The van der Waals surface area contributed by atoms with Crippen LogP contribution in [0.15, 0.2) is 47.6 Å². The zero-order valence-electron chi connectivity index (χ0n) is 15.6. The first-order valence-corrected chi connectivity index (χ1v) is 9.08. The number of hydrogen-bond donors (Lipinski definition) is 1. The summed E-state index contributed by atoms with van der Waals surface area (Å²) in [6.45, 7) is 3.44. The number of carbonyl (C=O) groups is 1. The van der Waals surface area contributed by atoms with Crippen LogP contribution in [0.5, 0.6) is 5.75 Å². The summed E-state index contributed by atoms with van der Waals surface area (Å²) in [4.78, 5) is 24.8. The van der Waals surface area contributed by atoms with Gasteiger partial charge in [0.1, 0.15) is 11.4 Å². The second-order valence-corrected chi connectivity index (χ2v) is 6.59. The number of carbonyl (C=O) groups excluding carboxylic acids is 1. The number of nitro groups is 1. The number of nitrogens with zero attached hydrogens (tertiary/aromatic N) is 3. The highest BCUT2D eigenvalue weighted by Crippen LogP contribution is 2.31. The first kappa shape index (κ1) is 19.3. The highest BCUT2D eigenvalue weighted by molar-refractivity contribution is 5.85. The predicted octanol–water partition coefficient (Wildman–Crippen LogP) is 3.03. The van der Waals surface area contributed by atoms with Gasteiger partial charge in [-0.05, 0) is 38.0 Å². The first-order valence-electron chi connectivity index (χ1n) is 9.08. The second-order valence-electron chi connectivity index (χ2n) is 6.59. The zero-order chi connectivity index (χ0) is 19.9. The van der Waals surface area contributed by atoms with Gasteiger partial charge in [0.15, 0.2) is 6.61 Å². The van der Waals surface area contributed by atoms with E-state index < -0.39 is 5.91 Å². The third-order valence-corrected chi connectivity index (χ3v) is 4.44. The summed E-state index contributed by atoms with van der Waals surface area (Å²) in [5.41, 5.74) is 4.66. The fourth-order valence-corrected chi connectivity index (χ4v) is 2.99. The molecule has 146 valence electrons. The zero-order valence-corrected chi connectivity index (χ0v) is 15.6. The molecule has 0 spiro atoms. The van der Waals surface area contributed by atoms with E-state index in [-0.39, 0.29) is 17.2 Å². The summed E-state index contributed by atoms with van der Waals surface area (Å²) in [7, 11) is 0. The highest BCUT2D eigenvalue weighted by atomic mass is 16.6. The van der Waals surface area contributed by atoms with Crippen LogP contribution in [0, 0.1) is 17.0 Å². The molecule has 1 aliphatic rings. The monoisotopic (exact) mass is 382 g/mol. The minimum atomic E-state index is -0.417. The molecular weight excluding hydrogens is 360 g/mol. The Hall–Kier alpha value is -3.42. The van der Waals surface area contributed by atoms with Crippen LogP contribution in [0.4, 0.5) is 11.4 Å². The molecule has 1 heterocycles. The summed E-state index contributed by atoms with van der Waals surface area (Å²) in [5, 5.41) is 15.3. The molecule has 2 aromatic carbocycles. The van der Waals surface area contributed by atoms with Crippen molar-refractivity contribution in [1.82, 2.24) is 5.43 Å². The lowest BCUT2D eigenvalue weighted by atomic mass is 10.1. The SMILES string of the molecule is Cc1ccc(OCC(=O)NN=Cc2ccc(N3CCCC3)c([N+](=O)[O-])c2)cc1. The number of hydrazone groups is 1. The third-order valence-electron chi connectivity index (χ3n) is 4.44. The number of hydrogen-bond acceptors (Lipinski definition) is 6. The molecule has 28 heavy (non-hydrogen) atoms. The van der Waals surface area contributed by atoms with Crippen molar-refractivity contribution in [1.29, 1.82) is 0 Å². The molecule has 0 radical (unpaired) electrons. The van der Waals surface area contributed by atoms with Gasteiger partial charge in [-0.1, -0.05) is 23.8 Å². The van der Waals surface area contributed by atoms with Crippen molar-refractivity contribution in [3.8, 4) is 5.75 Å². The second kappa shape index (κ2) is 8.98. The molecule has 8 heteroatoms. The maximum Gasteiger partial charge on any atom is 0.293 e. The summed E-state index contributed by atoms with van der Waals surface area (Å²) >= 11 is 0. The Morgan fingerprint density at radius 3 is 2.64 bits per heavy atom. The molecule has 1 aliphatic heterocycles. The van der Waals surface area contributed by atoms with Crippen molar-refractivity contribution >= 4 is 23.5 Å². The number of amides is 1. The molecule has 0 atom stereocenters. The number of nitro benzene ring substituents is 1. The van der Waals surface area contributed by atoms with Gasteiger partial charge in [0.25, 0.3) is 11.6 Å². The van der Waals surface area contributed by atoms with Gasteiger partial charge in [0.05, 0.1) is 11.1 Å². The molecule has 0 aliphatic carbocycles. The van der Waals surface area contributed by atoms with Crippen molar-refractivity contribution in [3.05, 3.63) is 63.7 Å². The maximum absolute atomic E-state index is 11.8. The van der Waals surface area contributed by atoms with E-state index in [9.17, 15) is 14.9 Å². The van der Waals surface area contributed by atoms with Gasteiger partial charge in [-0.2, -0.15) is 5.10 Å². The number of anilines is 1. The Labute approximate surface area is 163 Å². The van der Waals surface area contributed by atoms with E-state index in [1.165, 1.54) is 12.3 Å². The van der Waals surface area contributed by atoms with Gasteiger partial charge in [-0.15, -0.1) is 0 Å². The molecule has 3 rings (SSSR count). The van der Waals surface area contributed by atoms with Gasteiger partial charge in [0.2, 0.25) is 0 Å². The largest absolute Gasteiger partial charge is 0.484 e. The fourth-order valence-electron chi connectivity index (χ4n) is 2.99. The predicted molar refractivity (Wildman–Crippen MR) is 107 cm³/mol. The summed E-state index contributed by atoms with van der Waals surface area (Å²) < 4.78 is 5.37. The van der Waals surface area contributed by atoms with Crippen LogP contribution in [0.25, 0.3) is 0 Å². The lowest BCUT2D eigenvalue weighted by Crippen LogP contribution is -2.24. The molecule has 0 unspecified atom stereocenters. The van der Waals surface area contributed by atoms with Crippen LogP contribution in [-0.2, 0) is 4.79 Å². The Morgan fingerprint density at radius 1 is 1.25 bits per heavy atom. The molecule has 1 amide bonds. The van der Waals surface area contributed by atoms with Crippen molar-refractivity contribution in [2.24, 2.45) is 5.10 Å². The number of rotatable bonds is 7. The summed E-state index contributed by atoms with van der Waals surface area (Å²) in [6.07, 6.45) is 3.46. The number of ether oxygens (including phenoxy) is 1. The van der Waals surface area contributed by atoms with Crippen molar-refractivity contribution in [2.75, 3.05) is 24.6 Å². The quantitative estimate of drug-likeness (QED) is 0.451. The lowest BCUT2D eigenvalue weighted by Gasteiger charge is -2.17. The maximum atomic E-state index is 11.8. The molecule has 1 fully saturated rings. The van der Waals surface area contributed by atoms with Crippen LogP contribution < -0.4 is 15.1 Å². The van der Waals surface area contributed by atoms with Crippen molar-refractivity contribution in [3.63, 3.8) is 0 Å². The van der Waals surface area contributed by atoms with E-state index in [1.807, 2.05) is 24.0 Å². The van der Waals surface area contributed by atoms with Crippen LogP contribution in [0.2, 0.25) is 0 Å². The van der Waals surface area contributed by atoms with E-state index in [1.54, 1.807) is 24.3 Å². The minimum Gasteiger partial charge on any atom is -0.484 e. The topological polar surface area (TPSA) is 97.1 Å². The number of nitrogens with one attached hydrogen (secondary N) is 1. The number of aryl methyl sites for hydroxylation is 1. The normalized spacial score (nSPS) is 13.7. The molecule has 0 saturated carbocycles. The molecular formula is C20H22N4O4. The molecule has 0 aromatic heterocycles. The van der Waals surface area contributed by atoms with Crippen molar-refractivity contribution in [2.45, 2.75) is 19.8 Å². The Balaban J connectivity index is 1.57. The molecule has 1 saturated heterocycles. The standard InChI is InChI=1S/C20H22N4O4/c1-15-4-7-17(8-5-15)28-14-20(25)22-21-13-16-6-9-18(19(12-16)24(26)27)23-10-2-3-11-23/h4-9,12-13H,2-3,10-11,14H2,1H3,(H,22,25). The first-order chi connectivity index (χ1) is 13.5. The van der Waals surface area contributed by atoms with Crippen LogP contribution in [0.1, 0.15) is 24.0 Å². The average molecular weight is 382 g/mol. The van der Waals surface area contributed by atoms with E-state index in [4.69, 9.17) is 4.74 Å². The van der Waals surface area contributed by atoms with Gasteiger partial charge in [-0.3, -0.25) is 14.9 Å². The van der Waals surface area contributed by atoms with Crippen molar-refractivity contribution < 1.29 is 14.5 Å². The van der Waals surface area contributed by atoms with E-state index in [0.29, 0.717) is 17.0 Å².